The van der Waals surface area contributed by atoms with Crippen molar-refractivity contribution in [1.29, 1.82) is 0 Å². The van der Waals surface area contributed by atoms with Crippen LogP contribution in [-0.2, 0) is 4.79 Å². The summed E-state index contributed by atoms with van der Waals surface area (Å²) in [6, 6.07) is 15.8. The summed E-state index contributed by atoms with van der Waals surface area (Å²) in [5.41, 5.74) is 2.52. The fraction of sp³-hybridized carbons (Fsp3) is 0.333. The maximum Gasteiger partial charge on any atom is 0.226 e. The zero-order valence-corrected chi connectivity index (χ0v) is 18.5. The number of hydrogen-bond acceptors (Lipinski definition) is 5. The Bertz CT molecular complexity index is 1330. The fourth-order valence-electron chi connectivity index (χ4n) is 4.61. The number of rotatable bonds is 3. The van der Waals surface area contributed by atoms with E-state index < -0.39 is 0 Å². The van der Waals surface area contributed by atoms with E-state index in [0.717, 1.165) is 46.7 Å². The van der Waals surface area contributed by atoms with Gasteiger partial charge in [0.25, 0.3) is 0 Å². The Morgan fingerprint density at radius 3 is 2.62 bits per heavy atom. The molecule has 2 aromatic heterocycles. The third-order valence-corrected chi connectivity index (χ3v) is 6.67. The molecule has 3 heterocycles. The van der Waals surface area contributed by atoms with Crippen molar-refractivity contribution in [3.05, 3.63) is 53.6 Å². The molecule has 1 saturated heterocycles. The minimum Gasteiger partial charge on any atom is -0.338 e. The molecule has 0 N–H and O–H groups in total. The number of benzene rings is 2. The zero-order valence-electron chi connectivity index (χ0n) is 17.8. The Morgan fingerprint density at radius 2 is 1.88 bits per heavy atom. The second kappa shape index (κ2) is 7.45. The van der Waals surface area contributed by atoms with Gasteiger partial charge < -0.3 is 9.80 Å². The number of hydrogen-bond donors (Lipinski definition) is 0. The molecule has 6 rings (SSSR count). The minimum absolute atomic E-state index is 0.111. The Labute approximate surface area is 190 Å². The quantitative estimate of drug-likeness (QED) is 0.475. The molecule has 2 aliphatic rings. The number of fused-ring (bicyclic) bond motifs is 3. The molecule has 0 unspecified atom stereocenters. The first-order valence-electron chi connectivity index (χ1n) is 11.1. The van der Waals surface area contributed by atoms with E-state index >= 15 is 0 Å². The van der Waals surface area contributed by atoms with Gasteiger partial charge in [-0.15, -0.1) is 10.2 Å². The van der Waals surface area contributed by atoms with Gasteiger partial charge >= 0.3 is 0 Å². The van der Waals surface area contributed by atoms with Crippen LogP contribution in [0.5, 0.6) is 0 Å². The highest BCUT2D eigenvalue weighted by atomic mass is 35.5. The number of anilines is 1. The van der Waals surface area contributed by atoms with E-state index in [1.807, 2.05) is 57.8 Å². The van der Waals surface area contributed by atoms with E-state index in [2.05, 4.69) is 22.0 Å². The molecule has 0 radical (unpaired) electrons. The molecular weight excluding hydrogens is 424 g/mol. The maximum absolute atomic E-state index is 12.7. The highest BCUT2D eigenvalue weighted by molar-refractivity contribution is 6.31. The average molecular weight is 447 g/mol. The van der Waals surface area contributed by atoms with Gasteiger partial charge in [0, 0.05) is 47.6 Å². The predicted molar refractivity (Wildman–Crippen MR) is 125 cm³/mol. The van der Waals surface area contributed by atoms with Gasteiger partial charge in [-0.05, 0) is 38.0 Å². The van der Waals surface area contributed by atoms with Crippen molar-refractivity contribution in [2.75, 3.05) is 24.5 Å². The van der Waals surface area contributed by atoms with Crippen molar-refractivity contribution >= 4 is 40.0 Å². The number of carbonyl (C=O) groups excluding carboxylic acids is 1. The Hall–Kier alpha value is -3.19. The van der Waals surface area contributed by atoms with Crippen LogP contribution in [-0.4, -0.2) is 56.1 Å². The molecule has 1 atom stereocenters. The second-order valence-electron chi connectivity index (χ2n) is 8.72. The Morgan fingerprint density at radius 1 is 1.06 bits per heavy atom. The lowest BCUT2D eigenvalue weighted by Crippen LogP contribution is -2.55. The molecule has 2 fully saturated rings. The topological polar surface area (TPSA) is 66.6 Å². The summed E-state index contributed by atoms with van der Waals surface area (Å²) in [5.74, 6) is 2.07. The summed E-state index contributed by atoms with van der Waals surface area (Å²) in [5, 5.41) is 10.6. The first-order chi connectivity index (χ1) is 15.6. The molecule has 1 amide bonds. The molecule has 162 valence electrons. The van der Waals surface area contributed by atoms with E-state index in [-0.39, 0.29) is 12.0 Å². The first kappa shape index (κ1) is 19.5. The van der Waals surface area contributed by atoms with Gasteiger partial charge in [0.1, 0.15) is 0 Å². The second-order valence-corrected chi connectivity index (χ2v) is 9.16. The lowest BCUT2D eigenvalue weighted by molar-refractivity contribution is -0.134. The number of aromatic nitrogens is 4. The number of piperazine rings is 1. The largest absolute Gasteiger partial charge is 0.338 e. The van der Waals surface area contributed by atoms with Gasteiger partial charge in [0.05, 0.1) is 5.52 Å². The van der Waals surface area contributed by atoms with Crippen LogP contribution in [0.4, 0.5) is 5.95 Å². The smallest absolute Gasteiger partial charge is 0.226 e. The van der Waals surface area contributed by atoms with Gasteiger partial charge in [-0.1, -0.05) is 41.9 Å². The van der Waals surface area contributed by atoms with E-state index in [0.29, 0.717) is 30.6 Å². The van der Waals surface area contributed by atoms with Crippen molar-refractivity contribution in [1.82, 2.24) is 24.5 Å². The van der Waals surface area contributed by atoms with Crippen LogP contribution in [0, 0.1) is 5.92 Å². The lowest BCUT2D eigenvalue weighted by atomic mass is 10.1. The van der Waals surface area contributed by atoms with E-state index in [4.69, 9.17) is 16.6 Å². The van der Waals surface area contributed by atoms with Gasteiger partial charge in [-0.2, -0.15) is 0 Å². The van der Waals surface area contributed by atoms with E-state index in [9.17, 15) is 4.79 Å². The number of amides is 1. The van der Waals surface area contributed by atoms with Crippen LogP contribution in [0.15, 0.2) is 48.5 Å². The predicted octanol–water partition coefficient (Wildman–Crippen LogP) is 4.05. The van der Waals surface area contributed by atoms with Gasteiger partial charge in [-0.3, -0.25) is 4.79 Å². The summed E-state index contributed by atoms with van der Waals surface area (Å²) in [4.78, 5) is 22.0. The molecule has 1 aliphatic heterocycles. The fourth-order valence-corrected chi connectivity index (χ4v) is 4.78. The first-order valence-corrected chi connectivity index (χ1v) is 11.4. The van der Waals surface area contributed by atoms with Crippen molar-refractivity contribution in [2.45, 2.75) is 25.8 Å². The van der Waals surface area contributed by atoms with Crippen LogP contribution in [0.3, 0.4) is 0 Å². The van der Waals surface area contributed by atoms with Crippen LogP contribution < -0.4 is 4.90 Å². The van der Waals surface area contributed by atoms with Gasteiger partial charge in [-0.25, -0.2) is 9.38 Å². The van der Waals surface area contributed by atoms with E-state index in [1.54, 1.807) is 0 Å². The summed E-state index contributed by atoms with van der Waals surface area (Å²) in [6.45, 7) is 4.23. The molecule has 2 aromatic carbocycles. The number of halogens is 1. The minimum atomic E-state index is 0.111. The molecule has 8 heteroatoms. The van der Waals surface area contributed by atoms with Crippen LogP contribution in [0.1, 0.15) is 19.8 Å². The molecule has 4 aromatic rings. The lowest BCUT2D eigenvalue weighted by Gasteiger charge is -2.40. The van der Waals surface area contributed by atoms with Crippen LogP contribution >= 0.6 is 11.6 Å². The number of carbonyl (C=O) groups is 1. The average Bonchev–Trinajstić information content (AvgIpc) is 3.57. The van der Waals surface area contributed by atoms with Crippen LogP contribution in [0.2, 0.25) is 5.02 Å². The Balaban J connectivity index is 1.48. The SMILES string of the molecule is C[C@@H]1CN(c2nc3cc(Cl)ccc3c3nnc(-c4ccccc4)n23)CCN1C(=O)C1CC1. The van der Waals surface area contributed by atoms with Gasteiger partial charge in [0.15, 0.2) is 11.5 Å². The van der Waals surface area contributed by atoms with Crippen molar-refractivity contribution in [3.63, 3.8) is 0 Å². The molecule has 1 saturated carbocycles. The maximum atomic E-state index is 12.7. The highest BCUT2D eigenvalue weighted by Gasteiger charge is 2.38. The van der Waals surface area contributed by atoms with Gasteiger partial charge in [0.2, 0.25) is 11.9 Å². The van der Waals surface area contributed by atoms with Crippen molar-refractivity contribution in [2.24, 2.45) is 5.92 Å². The molecule has 1 aliphatic carbocycles. The zero-order chi connectivity index (χ0) is 21.8. The summed E-state index contributed by atoms with van der Waals surface area (Å²) in [7, 11) is 0. The summed E-state index contributed by atoms with van der Waals surface area (Å²) < 4.78 is 2.04. The molecule has 0 spiro atoms. The standard InChI is InChI=1S/C24H23ClN6O/c1-15-14-29(11-12-30(15)23(32)17-7-8-17)24-26-20-13-18(25)9-10-19(20)22-28-27-21(31(22)24)16-5-3-2-4-6-16/h2-6,9-10,13,15,17H,7-8,11-12,14H2,1H3/t15-/m1/s1. The molecule has 7 nitrogen and oxygen atoms in total. The van der Waals surface area contributed by atoms with Crippen molar-refractivity contribution < 1.29 is 4.79 Å². The number of nitrogens with zero attached hydrogens (tertiary/aromatic N) is 6. The molecule has 32 heavy (non-hydrogen) atoms. The third-order valence-electron chi connectivity index (χ3n) is 6.44. The normalized spacial score (nSPS) is 19.1. The summed E-state index contributed by atoms with van der Waals surface area (Å²) >= 11 is 6.28. The van der Waals surface area contributed by atoms with Crippen molar-refractivity contribution in [3.8, 4) is 11.4 Å². The molecule has 0 bridgehead atoms. The van der Waals surface area contributed by atoms with E-state index in [1.165, 1.54) is 0 Å². The highest BCUT2D eigenvalue weighted by Crippen LogP contribution is 2.34. The molecular formula is C24H23ClN6O. The van der Waals surface area contributed by atoms with Crippen LogP contribution in [0.25, 0.3) is 27.9 Å². The summed E-state index contributed by atoms with van der Waals surface area (Å²) in [6.07, 6.45) is 2.06. The third kappa shape index (κ3) is 3.19. The Kier molecular flexibility index (Phi) is 4.54. The monoisotopic (exact) mass is 446 g/mol.